The van der Waals surface area contributed by atoms with Crippen LogP contribution in [-0.2, 0) is 4.79 Å². The summed E-state index contributed by atoms with van der Waals surface area (Å²) < 4.78 is 0. The fourth-order valence-corrected chi connectivity index (χ4v) is 0.392. The predicted molar refractivity (Wildman–Crippen MR) is 43.7 cm³/mol. The maximum Gasteiger partial charge on any atom is 0.191 e. The maximum absolute atomic E-state index is 11.0. The van der Waals surface area contributed by atoms with Gasteiger partial charge in [0.1, 0.15) is 0 Å². The normalized spacial score (nSPS) is 8.00. The summed E-state index contributed by atoms with van der Waals surface area (Å²) in [5, 5.41) is 0. The number of Topliss-reactive ketones (excluding diaryl/α,β-unsaturated/α-hetero) is 1. The number of allylic oxidation sites excluding steroid dienone is 4. The van der Waals surface area contributed by atoms with Crippen LogP contribution in [0, 0.1) is 0 Å². The van der Waals surface area contributed by atoms with Crippen LogP contribution in [0.15, 0.2) is 49.6 Å². The first kappa shape index (κ1) is 8.63. The topological polar surface area (TPSA) is 17.1 Å². The van der Waals surface area contributed by atoms with E-state index >= 15 is 0 Å². The molecule has 0 N–H and O–H groups in total. The van der Waals surface area contributed by atoms with Gasteiger partial charge in [0, 0.05) is 11.1 Å². The highest BCUT2D eigenvalue weighted by Gasteiger charge is 2.03. The molecule has 0 aromatic heterocycles. The zero-order chi connectivity index (χ0) is 8.15. The van der Waals surface area contributed by atoms with Crippen molar-refractivity contribution in [2.75, 3.05) is 0 Å². The van der Waals surface area contributed by atoms with Crippen LogP contribution >= 0.6 is 0 Å². The standard InChI is InChI=1S/C9H10O/c1-5-7(3)9(10)8(4)6-2/h5-6H,1-4H2. The fourth-order valence-electron chi connectivity index (χ4n) is 0.392. The van der Waals surface area contributed by atoms with Crippen molar-refractivity contribution in [2.24, 2.45) is 0 Å². The molecule has 0 bridgehead atoms. The van der Waals surface area contributed by atoms with Crippen molar-refractivity contribution in [3.05, 3.63) is 49.6 Å². The minimum atomic E-state index is -0.204. The van der Waals surface area contributed by atoms with Crippen LogP contribution in [-0.4, -0.2) is 5.78 Å². The smallest absolute Gasteiger partial charge is 0.191 e. The van der Waals surface area contributed by atoms with Gasteiger partial charge < -0.3 is 0 Å². The average molecular weight is 134 g/mol. The summed E-state index contributed by atoms with van der Waals surface area (Å²) in [5.74, 6) is -0.204. The van der Waals surface area contributed by atoms with Gasteiger partial charge in [0.05, 0.1) is 0 Å². The molecule has 52 valence electrons. The lowest BCUT2D eigenvalue weighted by atomic mass is 10.1. The van der Waals surface area contributed by atoms with Crippen LogP contribution in [0.25, 0.3) is 0 Å². The molecule has 0 aliphatic heterocycles. The van der Waals surface area contributed by atoms with E-state index in [1.807, 2.05) is 0 Å². The summed E-state index contributed by atoms with van der Waals surface area (Å²) in [7, 11) is 0. The van der Waals surface area contributed by atoms with Crippen LogP contribution in [0.3, 0.4) is 0 Å². The monoisotopic (exact) mass is 134 g/mol. The van der Waals surface area contributed by atoms with E-state index in [1.165, 1.54) is 12.2 Å². The SMILES string of the molecule is C=CC(=C)C(=O)C(=C)C=C. The predicted octanol–water partition coefficient (Wildman–Crippen LogP) is 2.04. The van der Waals surface area contributed by atoms with Crippen LogP contribution in [0.5, 0.6) is 0 Å². The molecule has 0 aliphatic carbocycles. The van der Waals surface area contributed by atoms with E-state index in [1.54, 1.807) is 0 Å². The molecule has 0 spiro atoms. The van der Waals surface area contributed by atoms with E-state index in [4.69, 9.17) is 0 Å². The van der Waals surface area contributed by atoms with Gasteiger partial charge in [0.15, 0.2) is 5.78 Å². The number of carbonyl (C=O) groups excluding carboxylic acids is 1. The van der Waals surface area contributed by atoms with Crippen LogP contribution in [0.2, 0.25) is 0 Å². The molecular weight excluding hydrogens is 124 g/mol. The molecule has 0 rings (SSSR count). The minimum absolute atomic E-state index is 0.204. The Hall–Kier alpha value is -1.37. The number of carbonyl (C=O) groups is 1. The highest BCUT2D eigenvalue weighted by Crippen LogP contribution is 2.02. The van der Waals surface area contributed by atoms with Crippen LogP contribution in [0.4, 0.5) is 0 Å². The van der Waals surface area contributed by atoms with Crippen molar-refractivity contribution in [1.29, 1.82) is 0 Å². The second-order valence-electron chi connectivity index (χ2n) is 1.79. The summed E-state index contributed by atoms with van der Waals surface area (Å²) in [6.45, 7) is 13.7. The third-order valence-corrected chi connectivity index (χ3v) is 1.08. The molecule has 10 heavy (non-hydrogen) atoms. The number of hydrogen-bond donors (Lipinski definition) is 0. The van der Waals surface area contributed by atoms with Crippen LogP contribution in [0.1, 0.15) is 0 Å². The van der Waals surface area contributed by atoms with E-state index in [0.717, 1.165) is 0 Å². The Morgan fingerprint density at radius 3 is 1.50 bits per heavy atom. The highest BCUT2D eigenvalue weighted by molar-refractivity contribution is 6.10. The molecule has 0 atom stereocenters. The largest absolute Gasteiger partial charge is 0.289 e. The molecule has 0 aromatic rings. The zero-order valence-electron chi connectivity index (χ0n) is 5.89. The summed E-state index contributed by atoms with van der Waals surface area (Å²) >= 11 is 0. The lowest BCUT2D eigenvalue weighted by molar-refractivity contribution is -0.111. The summed E-state index contributed by atoms with van der Waals surface area (Å²) in [6, 6.07) is 0. The molecule has 0 heterocycles. The molecule has 0 radical (unpaired) electrons. The van der Waals surface area contributed by atoms with Gasteiger partial charge in [0.25, 0.3) is 0 Å². The van der Waals surface area contributed by atoms with Gasteiger partial charge in [-0.1, -0.05) is 38.5 Å². The van der Waals surface area contributed by atoms with E-state index in [0.29, 0.717) is 11.1 Å². The Labute approximate surface area is 61.1 Å². The quantitative estimate of drug-likeness (QED) is 0.424. The van der Waals surface area contributed by atoms with Crippen molar-refractivity contribution in [1.82, 2.24) is 0 Å². The van der Waals surface area contributed by atoms with E-state index in [-0.39, 0.29) is 5.78 Å². The van der Waals surface area contributed by atoms with Gasteiger partial charge in [-0.15, -0.1) is 0 Å². The number of hydrogen-bond acceptors (Lipinski definition) is 1. The third-order valence-electron chi connectivity index (χ3n) is 1.08. The molecule has 0 unspecified atom stereocenters. The minimum Gasteiger partial charge on any atom is -0.289 e. The van der Waals surface area contributed by atoms with Gasteiger partial charge in [0.2, 0.25) is 0 Å². The molecule has 0 aliphatic rings. The zero-order valence-corrected chi connectivity index (χ0v) is 5.89. The number of ketones is 1. The Bertz CT molecular complexity index is 187. The van der Waals surface area contributed by atoms with E-state index in [9.17, 15) is 4.79 Å². The second kappa shape index (κ2) is 3.62. The van der Waals surface area contributed by atoms with E-state index in [2.05, 4.69) is 26.3 Å². The van der Waals surface area contributed by atoms with Gasteiger partial charge >= 0.3 is 0 Å². The fraction of sp³-hybridized carbons (Fsp3) is 0. The van der Waals surface area contributed by atoms with Crippen LogP contribution < -0.4 is 0 Å². The van der Waals surface area contributed by atoms with E-state index < -0.39 is 0 Å². The summed E-state index contributed by atoms with van der Waals surface area (Å²) in [5.41, 5.74) is 0.704. The number of rotatable bonds is 4. The Morgan fingerprint density at radius 2 is 1.30 bits per heavy atom. The van der Waals surface area contributed by atoms with Gasteiger partial charge in [-0.05, 0) is 0 Å². The van der Waals surface area contributed by atoms with Crippen molar-refractivity contribution in [3.8, 4) is 0 Å². The molecular formula is C9H10O. The first-order valence-electron chi connectivity index (χ1n) is 2.81. The van der Waals surface area contributed by atoms with Crippen molar-refractivity contribution >= 4 is 5.78 Å². The third kappa shape index (κ3) is 1.86. The molecule has 1 nitrogen and oxygen atoms in total. The van der Waals surface area contributed by atoms with Gasteiger partial charge in [-0.2, -0.15) is 0 Å². The molecule has 0 aromatic carbocycles. The first-order chi connectivity index (χ1) is 4.63. The molecule has 0 amide bonds. The lowest BCUT2D eigenvalue weighted by Crippen LogP contribution is -1.99. The molecule has 0 saturated carbocycles. The summed E-state index contributed by atoms with van der Waals surface area (Å²) in [6.07, 6.45) is 2.80. The Morgan fingerprint density at radius 1 is 1.00 bits per heavy atom. The summed E-state index contributed by atoms with van der Waals surface area (Å²) in [4.78, 5) is 11.0. The maximum atomic E-state index is 11.0. The molecule has 0 saturated heterocycles. The van der Waals surface area contributed by atoms with Crippen molar-refractivity contribution in [2.45, 2.75) is 0 Å². The van der Waals surface area contributed by atoms with Gasteiger partial charge in [-0.25, -0.2) is 0 Å². The first-order valence-corrected chi connectivity index (χ1v) is 2.81. The van der Waals surface area contributed by atoms with Crippen molar-refractivity contribution in [3.63, 3.8) is 0 Å². The highest BCUT2D eigenvalue weighted by atomic mass is 16.1. The second-order valence-corrected chi connectivity index (χ2v) is 1.79. The lowest BCUT2D eigenvalue weighted by Gasteiger charge is -1.95. The molecule has 0 fully saturated rings. The average Bonchev–Trinajstić information content (AvgIpc) is 2.00. The Balaban J connectivity index is 4.36. The molecule has 1 heteroatoms. The van der Waals surface area contributed by atoms with Gasteiger partial charge in [-0.3, -0.25) is 4.79 Å². The Kier molecular flexibility index (Phi) is 3.12. The van der Waals surface area contributed by atoms with Crippen molar-refractivity contribution < 1.29 is 4.79 Å².